The lowest BCUT2D eigenvalue weighted by atomic mass is 10.3. The molecule has 0 aromatic rings. The van der Waals surface area contributed by atoms with Crippen LogP contribution in [0.4, 0.5) is 13.2 Å². The number of halogens is 3. The van der Waals surface area contributed by atoms with Crippen LogP contribution in [0.3, 0.4) is 0 Å². The molecule has 1 aliphatic rings. The van der Waals surface area contributed by atoms with Gasteiger partial charge in [-0.15, -0.1) is 0 Å². The summed E-state index contributed by atoms with van der Waals surface area (Å²) in [7, 11) is -3.69. The van der Waals surface area contributed by atoms with Crippen LogP contribution in [0.5, 0.6) is 0 Å². The summed E-state index contributed by atoms with van der Waals surface area (Å²) < 4.78 is 57.5. The molecule has 4 nitrogen and oxygen atoms in total. The Morgan fingerprint density at radius 3 is 2.06 bits per heavy atom. The first-order chi connectivity index (χ1) is 7.09. The molecule has 0 aromatic carbocycles. The quantitative estimate of drug-likeness (QED) is 0.579. The van der Waals surface area contributed by atoms with Crippen LogP contribution >= 0.6 is 0 Å². The molecule has 0 atom stereocenters. The summed E-state index contributed by atoms with van der Waals surface area (Å²) in [6.45, 7) is 3.43. The summed E-state index contributed by atoms with van der Waals surface area (Å²) in [5.41, 5.74) is -4.03. The molecule has 0 fully saturated rings. The fourth-order valence-corrected chi connectivity index (χ4v) is 1.14. The molecule has 1 rings (SSSR count). The zero-order valence-corrected chi connectivity index (χ0v) is 9.77. The molecule has 0 amide bonds. The molecular weight excluding hydrogens is 247 g/mol. The molecule has 1 aliphatic heterocycles. The van der Waals surface area contributed by atoms with Gasteiger partial charge < -0.3 is 4.90 Å². The van der Waals surface area contributed by atoms with Crippen molar-refractivity contribution in [1.82, 2.24) is 4.90 Å². The van der Waals surface area contributed by atoms with E-state index in [2.05, 4.69) is 24.9 Å². The first-order valence-corrected chi connectivity index (χ1v) is 5.97. The van der Waals surface area contributed by atoms with Gasteiger partial charge in [-0.25, -0.2) is 0 Å². The van der Waals surface area contributed by atoms with E-state index in [1.54, 1.807) is 0 Å². The van der Waals surface area contributed by atoms with Gasteiger partial charge in [0, 0.05) is 19.3 Å². The molecule has 1 heterocycles. The Kier molecular flexibility index (Phi) is 5.27. The third kappa shape index (κ3) is 4.84. The maximum Gasteiger partial charge on any atom is 0.522 e. The Balaban J connectivity index is 0.000000281. The minimum absolute atomic E-state index is 1.19. The summed E-state index contributed by atoms with van der Waals surface area (Å²) in [5.74, 6) is 0. The maximum atomic E-state index is 10.7. The van der Waals surface area contributed by atoms with Crippen LogP contribution in [0.2, 0.25) is 0 Å². The van der Waals surface area contributed by atoms with E-state index in [9.17, 15) is 13.2 Å². The summed E-state index contributed by atoms with van der Waals surface area (Å²) in [5, 5.41) is 0. The highest BCUT2D eigenvalue weighted by Crippen LogP contribution is 2.20. The van der Waals surface area contributed by atoms with Crippen LogP contribution < -0.4 is 0 Å². The van der Waals surface area contributed by atoms with Crippen molar-refractivity contribution >= 4 is 10.1 Å². The van der Waals surface area contributed by atoms with Gasteiger partial charge in [0.15, 0.2) is 0 Å². The van der Waals surface area contributed by atoms with E-state index in [4.69, 9.17) is 13.0 Å². The molecule has 0 spiro atoms. The molecule has 0 unspecified atom stereocenters. The van der Waals surface area contributed by atoms with E-state index in [-0.39, 0.29) is 0 Å². The second kappa shape index (κ2) is 5.53. The average molecular weight is 261 g/mol. The third-order valence-electron chi connectivity index (χ3n) is 1.99. The average Bonchev–Trinajstić information content (AvgIpc) is 2.48. The minimum atomic E-state index is -5.84. The van der Waals surface area contributed by atoms with Gasteiger partial charge in [0.05, 0.1) is 0 Å². The summed E-state index contributed by atoms with van der Waals surface area (Å²) in [6.07, 6.45) is 4.76. The Morgan fingerprint density at radius 2 is 1.94 bits per heavy atom. The summed E-state index contributed by atoms with van der Waals surface area (Å²) in [4.78, 5) is 2.32. The third-order valence-corrected chi connectivity index (χ3v) is 2.57. The van der Waals surface area contributed by atoms with Crippen molar-refractivity contribution < 1.29 is 26.1 Å². The second-order valence-corrected chi connectivity index (χ2v) is 4.59. The van der Waals surface area contributed by atoms with Crippen LogP contribution in [0.15, 0.2) is 11.8 Å². The van der Waals surface area contributed by atoms with Crippen molar-refractivity contribution in [2.75, 3.05) is 13.6 Å². The van der Waals surface area contributed by atoms with E-state index in [0.29, 0.717) is 0 Å². The summed E-state index contributed by atoms with van der Waals surface area (Å²) >= 11 is 0. The Hall–Kier alpha value is -0.760. The molecule has 0 aliphatic carbocycles. The molecule has 16 heavy (non-hydrogen) atoms. The standard InChI is InChI=1S/C7H13N.CHF3O3S/c1-3-7-5-4-6-8(7)2;2-1(3,4)8(5,6)7/h5H,3-4,6H2,1-2H3;(H,5,6,7). The topological polar surface area (TPSA) is 57.6 Å². The maximum absolute atomic E-state index is 10.7. The molecule has 96 valence electrons. The normalized spacial score (nSPS) is 16.6. The summed E-state index contributed by atoms with van der Waals surface area (Å²) in [6, 6.07) is 0. The lowest BCUT2D eigenvalue weighted by molar-refractivity contribution is -0.0510. The van der Waals surface area contributed by atoms with E-state index in [1.165, 1.54) is 25.1 Å². The van der Waals surface area contributed by atoms with Gasteiger partial charge in [-0.3, -0.25) is 4.55 Å². The SMILES string of the molecule is CCC1=CCCN1C.O=S(=O)(O)C(F)(F)F. The van der Waals surface area contributed by atoms with Crippen molar-refractivity contribution in [3.63, 3.8) is 0 Å². The number of hydrogen-bond donors (Lipinski definition) is 1. The van der Waals surface area contributed by atoms with Crippen LogP contribution in [0.1, 0.15) is 19.8 Å². The fraction of sp³-hybridized carbons (Fsp3) is 0.750. The molecular formula is C8H14F3NO3S. The van der Waals surface area contributed by atoms with Crippen LogP contribution in [-0.2, 0) is 10.1 Å². The van der Waals surface area contributed by atoms with Gasteiger partial charge in [-0.05, 0) is 12.8 Å². The Morgan fingerprint density at radius 1 is 1.50 bits per heavy atom. The highest BCUT2D eigenvalue weighted by atomic mass is 32.2. The largest absolute Gasteiger partial charge is 0.522 e. The minimum Gasteiger partial charge on any atom is -0.378 e. The molecule has 0 bridgehead atoms. The predicted molar refractivity (Wildman–Crippen MR) is 53.2 cm³/mol. The van der Waals surface area contributed by atoms with E-state index in [0.717, 1.165) is 0 Å². The lowest BCUT2D eigenvalue weighted by Gasteiger charge is -2.13. The van der Waals surface area contributed by atoms with Gasteiger partial charge in [0.25, 0.3) is 0 Å². The lowest BCUT2D eigenvalue weighted by Crippen LogP contribution is -2.21. The number of hydrogen-bond acceptors (Lipinski definition) is 3. The highest BCUT2D eigenvalue weighted by molar-refractivity contribution is 7.86. The molecule has 1 N–H and O–H groups in total. The van der Waals surface area contributed by atoms with Gasteiger partial charge in [-0.1, -0.05) is 13.0 Å². The number of alkyl halides is 3. The van der Waals surface area contributed by atoms with E-state index in [1.807, 2.05) is 0 Å². The number of nitrogens with zero attached hydrogens (tertiary/aromatic N) is 1. The van der Waals surface area contributed by atoms with Gasteiger partial charge >= 0.3 is 15.6 Å². The van der Waals surface area contributed by atoms with Crippen molar-refractivity contribution in [2.45, 2.75) is 25.3 Å². The Bertz CT molecular complexity index is 348. The van der Waals surface area contributed by atoms with E-state index < -0.39 is 15.6 Å². The first-order valence-electron chi connectivity index (χ1n) is 4.53. The van der Waals surface area contributed by atoms with Crippen molar-refractivity contribution in [3.05, 3.63) is 11.8 Å². The molecule has 0 saturated carbocycles. The first kappa shape index (κ1) is 15.2. The van der Waals surface area contributed by atoms with Crippen molar-refractivity contribution in [1.29, 1.82) is 0 Å². The molecule has 0 radical (unpaired) electrons. The zero-order valence-electron chi connectivity index (χ0n) is 8.95. The van der Waals surface area contributed by atoms with Crippen LogP contribution in [0.25, 0.3) is 0 Å². The van der Waals surface area contributed by atoms with Crippen LogP contribution in [0, 0.1) is 0 Å². The molecule has 0 saturated heterocycles. The highest BCUT2D eigenvalue weighted by Gasteiger charge is 2.44. The fourth-order valence-electron chi connectivity index (χ4n) is 1.14. The molecule has 0 aromatic heterocycles. The number of allylic oxidation sites excluding steroid dienone is 1. The zero-order chi connectivity index (χ0) is 13.0. The smallest absolute Gasteiger partial charge is 0.378 e. The predicted octanol–water partition coefficient (Wildman–Crippen LogP) is 2.01. The Labute approximate surface area is 92.5 Å². The van der Waals surface area contributed by atoms with Gasteiger partial charge in [-0.2, -0.15) is 21.6 Å². The van der Waals surface area contributed by atoms with Crippen molar-refractivity contribution in [3.8, 4) is 0 Å². The van der Waals surface area contributed by atoms with E-state index >= 15 is 0 Å². The number of rotatable bonds is 1. The monoisotopic (exact) mass is 261 g/mol. The second-order valence-electron chi connectivity index (χ2n) is 3.18. The van der Waals surface area contributed by atoms with Crippen molar-refractivity contribution in [2.24, 2.45) is 0 Å². The van der Waals surface area contributed by atoms with Gasteiger partial charge in [0.1, 0.15) is 0 Å². The van der Waals surface area contributed by atoms with Crippen LogP contribution in [-0.4, -0.2) is 37.0 Å². The van der Waals surface area contributed by atoms with Gasteiger partial charge in [0.2, 0.25) is 0 Å². The molecule has 8 heteroatoms.